The smallest absolute Gasteiger partial charge is 0.243 e. The topological polar surface area (TPSA) is 58.6 Å². The third kappa shape index (κ3) is 3.01. The lowest BCUT2D eigenvalue weighted by Crippen LogP contribution is -2.31. The second kappa shape index (κ2) is 6.17. The summed E-state index contributed by atoms with van der Waals surface area (Å²) in [5, 5.41) is 2.90. The van der Waals surface area contributed by atoms with Crippen LogP contribution in [0.1, 0.15) is 12.0 Å². The van der Waals surface area contributed by atoms with Crippen LogP contribution in [0.3, 0.4) is 0 Å². The molecule has 5 nitrogen and oxygen atoms in total. The predicted molar refractivity (Wildman–Crippen MR) is 73.3 cm³/mol. The highest BCUT2D eigenvalue weighted by Crippen LogP contribution is 2.25. The van der Waals surface area contributed by atoms with Crippen LogP contribution in [-0.4, -0.2) is 46.1 Å². The average Bonchev–Trinajstić information content (AvgIpc) is 2.90. The summed E-state index contributed by atoms with van der Waals surface area (Å²) in [6, 6.07) is 3.86. The molecule has 0 aliphatic carbocycles. The fourth-order valence-corrected chi connectivity index (χ4v) is 4.07. The van der Waals surface area contributed by atoms with Crippen molar-refractivity contribution < 1.29 is 17.5 Å². The van der Waals surface area contributed by atoms with E-state index in [2.05, 4.69) is 5.32 Å². The highest BCUT2D eigenvalue weighted by molar-refractivity contribution is 7.89. The van der Waals surface area contributed by atoms with Crippen molar-refractivity contribution in [2.75, 3.05) is 27.2 Å². The van der Waals surface area contributed by atoms with Crippen molar-refractivity contribution in [1.29, 1.82) is 0 Å². The molecule has 1 aromatic rings. The quantitative estimate of drug-likeness (QED) is 0.880. The van der Waals surface area contributed by atoms with E-state index >= 15 is 0 Å². The lowest BCUT2D eigenvalue weighted by atomic mass is 10.2. The van der Waals surface area contributed by atoms with Crippen molar-refractivity contribution in [3.8, 4) is 0 Å². The van der Waals surface area contributed by atoms with Gasteiger partial charge in [-0.25, -0.2) is 12.8 Å². The van der Waals surface area contributed by atoms with Crippen LogP contribution < -0.4 is 5.32 Å². The molecule has 0 spiro atoms. The maximum Gasteiger partial charge on any atom is 0.243 e. The molecule has 1 N–H and O–H groups in total. The van der Waals surface area contributed by atoms with E-state index in [4.69, 9.17) is 4.74 Å². The number of hydrogen-bond donors (Lipinski definition) is 1. The third-order valence-electron chi connectivity index (χ3n) is 3.46. The Hall–Kier alpha value is -1.02. The van der Waals surface area contributed by atoms with Gasteiger partial charge in [-0.2, -0.15) is 4.31 Å². The first-order valence-electron chi connectivity index (χ1n) is 6.45. The van der Waals surface area contributed by atoms with E-state index in [1.807, 2.05) is 0 Å². The first kappa shape index (κ1) is 15.4. The van der Waals surface area contributed by atoms with Gasteiger partial charge in [0.05, 0.1) is 11.0 Å². The number of nitrogens with zero attached hydrogens (tertiary/aromatic N) is 1. The zero-order chi connectivity index (χ0) is 14.8. The first-order valence-corrected chi connectivity index (χ1v) is 7.89. The number of sulfonamides is 1. The standard InChI is InChI=1S/C13H19FN2O3S/c1-15-8-10-3-4-11(14)7-13(10)20(17,18)16-6-5-12(9-16)19-2/h3-4,7,12,15H,5-6,8-9H2,1-2H3. The van der Waals surface area contributed by atoms with Crippen molar-refractivity contribution in [2.24, 2.45) is 0 Å². The average molecular weight is 302 g/mol. The summed E-state index contributed by atoms with van der Waals surface area (Å²) in [6.07, 6.45) is 0.568. The predicted octanol–water partition coefficient (Wildman–Crippen LogP) is 0.954. The fourth-order valence-electron chi connectivity index (χ4n) is 2.35. The maximum atomic E-state index is 13.4. The number of benzene rings is 1. The Balaban J connectivity index is 2.36. The minimum Gasteiger partial charge on any atom is -0.380 e. The fraction of sp³-hybridized carbons (Fsp3) is 0.538. The van der Waals surface area contributed by atoms with Gasteiger partial charge in [0.15, 0.2) is 0 Å². The Morgan fingerprint density at radius 1 is 1.50 bits per heavy atom. The number of nitrogens with one attached hydrogen (secondary N) is 1. The minimum absolute atomic E-state index is 0.0311. The van der Waals surface area contributed by atoms with E-state index < -0.39 is 15.8 Å². The van der Waals surface area contributed by atoms with Crippen LogP contribution in [0.5, 0.6) is 0 Å². The molecule has 1 saturated heterocycles. The highest BCUT2D eigenvalue weighted by Gasteiger charge is 2.33. The Kier molecular flexibility index (Phi) is 4.74. The van der Waals surface area contributed by atoms with Crippen LogP contribution in [0.4, 0.5) is 4.39 Å². The molecule has 1 atom stereocenters. The number of ether oxygens (including phenoxy) is 1. The van der Waals surface area contributed by atoms with Gasteiger partial charge < -0.3 is 10.1 Å². The SMILES string of the molecule is CNCc1ccc(F)cc1S(=O)(=O)N1CCC(OC)C1. The van der Waals surface area contributed by atoms with Crippen LogP contribution in [0, 0.1) is 5.82 Å². The van der Waals surface area contributed by atoms with E-state index in [-0.39, 0.29) is 11.0 Å². The number of rotatable bonds is 5. The third-order valence-corrected chi connectivity index (χ3v) is 5.40. The van der Waals surface area contributed by atoms with Crippen molar-refractivity contribution in [2.45, 2.75) is 24.0 Å². The van der Waals surface area contributed by atoms with Gasteiger partial charge in [-0.3, -0.25) is 0 Å². The largest absolute Gasteiger partial charge is 0.380 e. The molecule has 1 aliphatic rings. The van der Waals surface area contributed by atoms with Crippen molar-refractivity contribution in [3.05, 3.63) is 29.6 Å². The summed E-state index contributed by atoms with van der Waals surface area (Å²) < 4.78 is 45.2. The normalized spacial score (nSPS) is 20.4. The van der Waals surface area contributed by atoms with Gasteiger partial charge in [-0.1, -0.05) is 6.07 Å². The van der Waals surface area contributed by atoms with Crippen LogP contribution >= 0.6 is 0 Å². The second-order valence-electron chi connectivity index (χ2n) is 4.79. The molecule has 112 valence electrons. The van der Waals surface area contributed by atoms with Gasteiger partial charge in [0.1, 0.15) is 5.82 Å². The zero-order valence-corrected chi connectivity index (χ0v) is 12.4. The van der Waals surface area contributed by atoms with Gasteiger partial charge >= 0.3 is 0 Å². The molecule has 1 unspecified atom stereocenters. The molecular formula is C13H19FN2O3S. The highest BCUT2D eigenvalue weighted by atomic mass is 32.2. The van der Waals surface area contributed by atoms with Gasteiger partial charge in [-0.05, 0) is 31.2 Å². The van der Waals surface area contributed by atoms with Gasteiger partial charge in [0, 0.05) is 26.7 Å². The summed E-state index contributed by atoms with van der Waals surface area (Å²) in [7, 11) is -0.400. The Morgan fingerprint density at radius 2 is 2.25 bits per heavy atom. The van der Waals surface area contributed by atoms with Crippen molar-refractivity contribution in [3.63, 3.8) is 0 Å². The molecule has 1 heterocycles. The molecule has 0 radical (unpaired) electrons. The van der Waals surface area contributed by atoms with E-state index in [0.29, 0.717) is 31.6 Å². The van der Waals surface area contributed by atoms with Gasteiger partial charge in [-0.15, -0.1) is 0 Å². The van der Waals surface area contributed by atoms with E-state index in [9.17, 15) is 12.8 Å². The van der Waals surface area contributed by atoms with Gasteiger partial charge in [0.25, 0.3) is 0 Å². The molecule has 0 saturated carbocycles. The number of methoxy groups -OCH3 is 1. The summed E-state index contributed by atoms with van der Waals surface area (Å²) in [4.78, 5) is 0.0311. The molecule has 0 bridgehead atoms. The second-order valence-corrected chi connectivity index (χ2v) is 6.70. The molecule has 0 amide bonds. The Morgan fingerprint density at radius 3 is 2.85 bits per heavy atom. The van der Waals surface area contributed by atoms with Crippen LogP contribution in [-0.2, 0) is 21.3 Å². The molecule has 1 fully saturated rings. The van der Waals surface area contributed by atoms with Crippen LogP contribution in [0.15, 0.2) is 23.1 Å². The van der Waals surface area contributed by atoms with Crippen molar-refractivity contribution >= 4 is 10.0 Å². The van der Waals surface area contributed by atoms with E-state index in [1.165, 1.54) is 16.4 Å². The maximum absolute atomic E-state index is 13.4. The van der Waals surface area contributed by atoms with Crippen molar-refractivity contribution in [1.82, 2.24) is 9.62 Å². The zero-order valence-electron chi connectivity index (χ0n) is 11.6. The lowest BCUT2D eigenvalue weighted by molar-refractivity contribution is 0.115. The van der Waals surface area contributed by atoms with E-state index in [1.54, 1.807) is 14.2 Å². The summed E-state index contributed by atoms with van der Waals surface area (Å²) >= 11 is 0. The lowest BCUT2D eigenvalue weighted by Gasteiger charge is -2.18. The van der Waals surface area contributed by atoms with Gasteiger partial charge in [0.2, 0.25) is 10.0 Å². The molecular weight excluding hydrogens is 283 g/mol. The minimum atomic E-state index is -3.68. The molecule has 0 aromatic heterocycles. The monoisotopic (exact) mass is 302 g/mol. The molecule has 2 rings (SSSR count). The summed E-state index contributed by atoms with van der Waals surface area (Å²) in [5.74, 6) is -0.550. The molecule has 1 aliphatic heterocycles. The first-order chi connectivity index (χ1) is 9.48. The summed E-state index contributed by atoms with van der Waals surface area (Å²) in [6.45, 7) is 1.08. The van der Waals surface area contributed by atoms with E-state index in [0.717, 1.165) is 6.07 Å². The number of hydrogen-bond acceptors (Lipinski definition) is 4. The Labute approximate surface area is 118 Å². The molecule has 7 heteroatoms. The van der Waals surface area contributed by atoms with Crippen LogP contribution in [0.25, 0.3) is 0 Å². The molecule has 1 aromatic carbocycles. The van der Waals surface area contributed by atoms with Crippen LogP contribution in [0.2, 0.25) is 0 Å². The summed E-state index contributed by atoms with van der Waals surface area (Å²) in [5.41, 5.74) is 0.565. The molecule has 20 heavy (non-hydrogen) atoms. The number of halogens is 1. The Bertz CT molecular complexity index is 577.